The largest absolute Gasteiger partial charge is 0.448 e. The number of hydrogen-bond acceptors (Lipinski definition) is 0. The van der Waals surface area contributed by atoms with Gasteiger partial charge < -0.3 is 5.11 Å². The summed E-state index contributed by atoms with van der Waals surface area (Å²) in [7, 11) is 1.25. The molecule has 0 aromatic heterocycles. The molecule has 2 N–H and O–H groups in total. The quantitative estimate of drug-likeness (QED) is 0.566. The first-order valence-electron chi connectivity index (χ1n) is 7.72. The van der Waals surface area contributed by atoms with Crippen LogP contribution < -0.4 is 0 Å². The summed E-state index contributed by atoms with van der Waals surface area (Å²) >= 11 is 0. The molecule has 0 amide bonds. The Morgan fingerprint density at radius 3 is 1.58 bits per heavy atom. The van der Waals surface area contributed by atoms with E-state index < -0.39 is 0 Å². The summed E-state index contributed by atoms with van der Waals surface area (Å²) in [5, 5.41) is 5.75. The van der Waals surface area contributed by atoms with Crippen LogP contribution in [0.2, 0.25) is 0 Å². The molecule has 0 saturated heterocycles. The van der Waals surface area contributed by atoms with Gasteiger partial charge in [0.2, 0.25) is 0 Å². The molecule has 1 nitrogen and oxygen atoms in total. The van der Waals surface area contributed by atoms with Crippen LogP contribution in [0.1, 0.15) is 64.9 Å². The van der Waals surface area contributed by atoms with Crippen molar-refractivity contribution in [2.45, 2.75) is 66.2 Å². The van der Waals surface area contributed by atoms with Gasteiger partial charge in [-0.1, -0.05) is 95.2 Å². The fraction of sp³-hybridized carbons (Fsp3) is 0.667. The molecule has 2 rings (SSSR count). The molecule has 1 saturated carbocycles. The number of hydrogen-bond donors (Lipinski definition) is 0. The van der Waals surface area contributed by atoms with E-state index in [4.69, 9.17) is 5.11 Å². The van der Waals surface area contributed by atoms with Gasteiger partial charge in [0, 0.05) is 0 Å². The second-order valence-electron chi connectivity index (χ2n) is 5.10. The summed E-state index contributed by atoms with van der Waals surface area (Å²) < 4.78 is 0. The van der Waals surface area contributed by atoms with Crippen molar-refractivity contribution in [3.8, 4) is 0 Å². The van der Waals surface area contributed by atoms with E-state index in [1.54, 1.807) is 0 Å². The molecular formula is C18H35O+. The summed E-state index contributed by atoms with van der Waals surface area (Å²) in [6.07, 6.45) is 8.69. The first-order valence-corrected chi connectivity index (χ1v) is 7.72. The van der Waals surface area contributed by atoms with Gasteiger partial charge in [-0.25, -0.2) is 0 Å². The van der Waals surface area contributed by atoms with Gasteiger partial charge in [-0.05, 0) is 12.8 Å². The number of aryl methyl sites for hydroxylation is 1. The highest BCUT2D eigenvalue weighted by Gasteiger charge is 2.05. The van der Waals surface area contributed by atoms with E-state index in [0.717, 1.165) is 5.92 Å². The Hall–Kier alpha value is -0.820. The summed E-state index contributed by atoms with van der Waals surface area (Å²) in [4.78, 5) is 0. The van der Waals surface area contributed by atoms with Crippen LogP contribution in [0.25, 0.3) is 0 Å². The third-order valence-corrected chi connectivity index (χ3v) is 2.83. The molecule has 1 fully saturated rings. The highest BCUT2D eigenvalue weighted by Crippen LogP contribution is 2.22. The molecule has 1 aromatic rings. The van der Waals surface area contributed by atoms with Crippen LogP contribution in [-0.2, 0) is 0 Å². The van der Waals surface area contributed by atoms with Gasteiger partial charge in [0.15, 0.2) is 0 Å². The molecule has 1 aliphatic rings. The fourth-order valence-corrected chi connectivity index (χ4v) is 1.84. The van der Waals surface area contributed by atoms with Gasteiger partial charge in [0.05, 0.1) is 0 Å². The monoisotopic (exact) mass is 267 g/mol. The Kier molecular flexibility index (Phi) is 18.5. The van der Waals surface area contributed by atoms with Crippen molar-refractivity contribution in [3.05, 3.63) is 35.9 Å². The van der Waals surface area contributed by atoms with Gasteiger partial charge in [-0.15, -0.1) is 0 Å². The van der Waals surface area contributed by atoms with Crippen LogP contribution in [0.15, 0.2) is 30.3 Å². The van der Waals surface area contributed by atoms with Crippen molar-refractivity contribution in [1.82, 2.24) is 0 Å². The molecule has 0 atom stereocenters. The molecule has 1 aromatic carbocycles. The van der Waals surface area contributed by atoms with Crippen LogP contribution in [0.3, 0.4) is 0 Å². The Bertz CT molecular complexity index is 237. The van der Waals surface area contributed by atoms with E-state index in [-0.39, 0.29) is 0 Å². The molecule has 0 radical (unpaired) electrons. The molecule has 0 bridgehead atoms. The Labute approximate surface area is 121 Å². The standard InChI is InChI=1S/C7H14.C7H8.C3H8.CH4O/c2*1-7-5-3-2-4-6-7;1-3-2;1-2/h7H,2-6H2,1H3;2-6H,1H3;3H2,1-2H3;2H,1H3/p+1. The minimum absolute atomic E-state index is 1.04. The third kappa shape index (κ3) is 17.2. The molecule has 0 spiro atoms. The van der Waals surface area contributed by atoms with Crippen molar-refractivity contribution in [2.24, 2.45) is 5.92 Å². The summed E-state index contributed by atoms with van der Waals surface area (Å²) in [6.45, 7) is 8.69. The summed E-state index contributed by atoms with van der Waals surface area (Å²) in [5.74, 6) is 1.04. The van der Waals surface area contributed by atoms with E-state index in [9.17, 15) is 0 Å². The predicted octanol–water partition coefficient (Wildman–Crippen LogP) is 5.34. The third-order valence-electron chi connectivity index (χ3n) is 2.83. The zero-order valence-electron chi connectivity index (χ0n) is 13.7. The van der Waals surface area contributed by atoms with Gasteiger partial charge in [-0.3, -0.25) is 0 Å². The van der Waals surface area contributed by atoms with Gasteiger partial charge in [0.1, 0.15) is 7.11 Å². The van der Waals surface area contributed by atoms with Gasteiger partial charge >= 0.3 is 0 Å². The van der Waals surface area contributed by atoms with Crippen LogP contribution in [0, 0.1) is 12.8 Å². The Morgan fingerprint density at radius 2 is 1.37 bits per heavy atom. The highest BCUT2D eigenvalue weighted by molar-refractivity contribution is 5.11. The lowest BCUT2D eigenvalue weighted by Gasteiger charge is -2.15. The van der Waals surface area contributed by atoms with Gasteiger partial charge in [-0.2, -0.15) is 0 Å². The molecule has 112 valence electrons. The van der Waals surface area contributed by atoms with Gasteiger partial charge in [0.25, 0.3) is 0 Å². The van der Waals surface area contributed by atoms with E-state index >= 15 is 0 Å². The first-order chi connectivity index (χ1) is 9.20. The van der Waals surface area contributed by atoms with Crippen molar-refractivity contribution >= 4 is 0 Å². The highest BCUT2D eigenvalue weighted by atomic mass is 16.2. The smallest absolute Gasteiger partial charge is 0.133 e. The lowest BCUT2D eigenvalue weighted by Crippen LogP contribution is -1.99. The van der Waals surface area contributed by atoms with Crippen LogP contribution in [0.4, 0.5) is 0 Å². The average molecular weight is 267 g/mol. The SMILES string of the molecule is CC1CCCCC1.CCC.C[OH2+].Cc1ccccc1. The van der Waals surface area contributed by atoms with Crippen molar-refractivity contribution in [3.63, 3.8) is 0 Å². The Morgan fingerprint density at radius 1 is 0.947 bits per heavy atom. The number of benzene rings is 1. The second-order valence-corrected chi connectivity index (χ2v) is 5.10. The molecule has 0 unspecified atom stereocenters. The lowest BCUT2D eigenvalue weighted by atomic mass is 9.91. The minimum Gasteiger partial charge on any atom is -0.448 e. The molecule has 0 heterocycles. The minimum atomic E-state index is 1.04. The molecule has 1 aliphatic carbocycles. The maximum Gasteiger partial charge on any atom is 0.133 e. The van der Waals surface area contributed by atoms with Crippen LogP contribution in [-0.4, -0.2) is 12.2 Å². The first kappa shape index (κ1) is 20.5. The van der Waals surface area contributed by atoms with Crippen molar-refractivity contribution < 1.29 is 5.11 Å². The second kappa shape index (κ2) is 17.2. The van der Waals surface area contributed by atoms with Crippen molar-refractivity contribution in [1.29, 1.82) is 0 Å². The molecular weight excluding hydrogens is 232 g/mol. The Balaban J connectivity index is 0. The normalized spacial score (nSPS) is 13.8. The topological polar surface area (TPSA) is 22.9 Å². The van der Waals surface area contributed by atoms with Crippen LogP contribution >= 0.6 is 0 Å². The lowest BCUT2D eigenvalue weighted by molar-refractivity contribution is 0.385. The van der Waals surface area contributed by atoms with Crippen molar-refractivity contribution in [2.75, 3.05) is 7.11 Å². The maximum absolute atomic E-state index is 5.75. The zero-order valence-corrected chi connectivity index (χ0v) is 13.7. The average Bonchev–Trinajstić information content (AvgIpc) is 2.44. The summed E-state index contributed by atoms with van der Waals surface area (Å²) in [6, 6.07) is 10.3. The van der Waals surface area contributed by atoms with E-state index in [2.05, 4.69) is 39.8 Å². The molecule has 1 heteroatoms. The van der Waals surface area contributed by atoms with Crippen LogP contribution in [0.5, 0.6) is 0 Å². The van der Waals surface area contributed by atoms with E-state index in [0.29, 0.717) is 0 Å². The zero-order chi connectivity index (χ0) is 14.9. The predicted molar refractivity (Wildman–Crippen MR) is 88.9 cm³/mol. The molecule has 19 heavy (non-hydrogen) atoms. The maximum atomic E-state index is 5.75. The molecule has 0 aliphatic heterocycles. The summed E-state index contributed by atoms with van der Waals surface area (Å²) in [5.41, 5.74) is 1.32. The van der Waals surface area contributed by atoms with E-state index in [1.165, 1.54) is 51.2 Å². The number of rotatable bonds is 0. The van der Waals surface area contributed by atoms with E-state index in [1.807, 2.05) is 18.2 Å². The fourth-order valence-electron chi connectivity index (χ4n) is 1.84.